The second-order valence-electron chi connectivity index (χ2n) is 9.59. The largest absolute Gasteiger partial charge is 0.495 e. The SMILES string of the molecule is COc1ccccc1N1CCN(CCCCC(=O)Nc2cccc(C(=O)OC(C)(C)C)c2)CC1.Cl. The standard InChI is InChI=1S/C27H37N3O4.ClH/c1-27(2,3)34-26(32)21-10-9-11-22(20-21)28-25(31)14-7-8-15-29-16-18-30(19-17-29)23-12-5-6-13-24(23)33-4;/h5-6,9-13,20H,7-8,14-19H2,1-4H3,(H,28,31);1H. The van der Waals surface area contributed by atoms with E-state index in [2.05, 4.69) is 21.2 Å². The van der Waals surface area contributed by atoms with Crippen molar-refractivity contribution >= 4 is 35.7 Å². The van der Waals surface area contributed by atoms with E-state index in [0.717, 1.165) is 57.0 Å². The van der Waals surface area contributed by atoms with Crippen LogP contribution in [0, 0.1) is 0 Å². The van der Waals surface area contributed by atoms with Gasteiger partial charge in [-0.25, -0.2) is 4.79 Å². The van der Waals surface area contributed by atoms with Crippen LogP contribution < -0.4 is 15.0 Å². The number of benzene rings is 2. The van der Waals surface area contributed by atoms with Gasteiger partial charge in [-0.2, -0.15) is 0 Å². The molecule has 192 valence electrons. The number of rotatable bonds is 9. The van der Waals surface area contributed by atoms with Gasteiger partial charge in [-0.1, -0.05) is 18.2 Å². The summed E-state index contributed by atoms with van der Waals surface area (Å²) in [6.07, 6.45) is 2.25. The minimum absolute atomic E-state index is 0. The fourth-order valence-electron chi connectivity index (χ4n) is 4.01. The molecule has 1 fully saturated rings. The molecule has 7 nitrogen and oxygen atoms in total. The zero-order valence-corrected chi connectivity index (χ0v) is 22.0. The lowest BCUT2D eigenvalue weighted by atomic mass is 10.1. The van der Waals surface area contributed by atoms with Crippen LogP contribution in [-0.4, -0.2) is 62.2 Å². The number of nitrogens with zero attached hydrogens (tertiary/aromatic N) is 2. The first kappa shape index (κ1) is 28.5. The number of carbonyl (C=O) groups excluding carboxylic acids is 2. The van der Waals surface area contributed by atoms with Crippen LogP contribution in [0.5, 0.6) is 5.75 Å². The van der Waals surface area contributed by atoms with Gasteiger partial charge in [0.25, 0.3) is 0 Å². The number of hydrogen-bond acceptors (Lipinski definition) is 6. The number of carbonyl (C=O) groups is 2. The number of unbranched alkanes of at least 4 members (excludes halogenated alkanes) is 1. The van der Waals surface area contributed by atoms with Crippen LogP contribution in [-0.2, 0) is 9.53 Å². The minimum Gasteiger partial charge on any atom is -0.495 e. The number of ether oxygens (including phenoxy) is 2. The second kappa shape index (κ2) is 13.4. The van der Waals surface area contributed by atoms with E-state index in [1.165, 1.54) is 0 Å². The predicted octanol–water partition coefficient (Wildman–Crippen LogP) is 5.00. The summed E-state index contributed by atoms with van der Waals surface area (Å²) >= 11 is 0. The molecule has 0 aliphatic carbocycles. The number of anilines is 2. The number of halogens is 1. The quantitative estimate of drug-likeness (QED) is 0.383. The van der Waals surface area contributed by atoms with E-state index < -0.39 is 11.6 Å². The molecule has 1 aliphatic rings. The summed E-state index contributed by atoms with van der Waals surface area (Å²) < 4.78 is 10.9. The molecule has 0 bridgehead atoms. The van der Waals surface area contributed by atoms with E-state index in [1.54, 1.807) is 31.4 Å². The van der Waals surface area contributed by atoms with Crippen LogP contribution in [0.15, 0.2) is 48.5 Å². The van der Waals surface area contributed by atoms with Gasteiger partial charge in [0.05, 0.1) is 18.4 Å². The molecule has 35 heavy (non-hydrogen) atoms. The van der Waals surface area contributed by atoms with Crippen molar-refractivity contribution < 1.29 is 19.1 Å². The maximum absolute atomic E-state index is 12.4. The van der Waals surface area contributed by atoms with E-state index >= 15 is 0 Å². The Morgan fingerprint density at radius 2 is 1.69 bits per heavy atom. The molecule has 2 aromatic carbocycles. The Bertz CT molecular complexity index is 969. The Labute approximate surface area is 215 Å². The smallest absolute Gasteiger partial charge is 0.338 e. The third-order valence-corrected chi connectivity index (χ3v) is 5.71. The van der Waals surface area contributed by atoms with Crippen molar-refractivity contribution in [3.05, 3.63) is 54.1 Å². The molecule has 2 aromatic rings. The molecule has 0 spiro atoms. The Balaban J connectivity index is 0.00000432. The molecule has 0 radical (unpaired) electrons. The summed E-state index contributed by atoms with van der Waals surface area (Å²) in [5.41, 5.74) is 1.63. The van der Waals surface area contributed by atoms with Crippen LogP contribution in [0.1, 0.15) is 50.4 Å². The van der Waals surface area contributed by atoms with Crippen molar-refractivity contribution in [3.8, 4) is 5.75 Å². The minimum atomic E-state index is -0.558. The molecule has 0 atom stereocenters. The molecule has 1 heterocycles. The second-order valence-corrected chi connectivity index (χ2v) is 9.59. The molecule has 0 unspecified atom stereocenters. The molecule has 1 amide bonds. The maximum atomic E-state index is 12.4. The number of esters is 1. The van der Waals surface area contributed by atoms with Gasteiger partial charge in [0.15, 0.2) is 0 Å². The van der Waals surface area contributed by atoms with Crippen molar-refractivity contribution in [1.29, 1.82) is 0 Å². The van der Waals surface area contributed by atoms with Gasteiger partial charge in [0, 0.05) is 38.3 Å². The lowest BCUT2D eigenvalue weighted by molar-refractivity contribution is -0.116. The Morgan fingerprint density at radius 3 is 2.37 bits per heavy atom. The van der Waals surface area contributed by atoms with Gasteiger partial charge in [-0.3, -0.25) is 9.69 Å². The number of nitrogens with one attached hydrogen (secondary N) is 1. The van der Waals surface area contributed by atoms with E-state index in [9.17, 15) is 9.59 Å². The van der Waals surface area contributed by atoms with Gasteiger partial charge >= 0.3 is 5.97 Å². The van der Waals surface area contributed by atoms with Crippen LogP contribution in [0.25, 0.3) is 0 Å². The van der Waals surface area contributed by atoms with E-state index in [4.69, 9.17) is 9.47 Å². The summed E-state index contributed by atoms with van der Waals surface area (Å²) in [4.78, 5) is 29.4. The molecule has 1 saturated heterocycles. The highest BCUT2D eigenvalue weighted by molar-refractivity contribution is 5.94. The summed E-state index contributed by atoms with van der Waals surface area (Å²) in [7, 11) is 1.71. The normalized spacial score (nSPS) is 14.1. The zero-order chi connectivity index (χ0) is 24.6. The van der Waals surface area contributed by atoms with Crippen LogP contribution >= 0.6 is 12.4 Å². The van der Waals surface area contributed by atoms with Crippen molar-refractivity contribution in [2.24, 2.45) is 0 Å². The number of methoxy groups -OCH3 is 1. The Kier molecular flexibility index (Phi) is 10.9. The number of amides is 1. The Hall–Kier alpha value is -2.77. The highest BCUT2D eigenvalue weighted by Crippen LogP contribution is 2.28. The van der Waals surface area contributed by atoms with Gasteiger partial charge in [0.1, 0.15) is 11.4 Å². The van der Waals surface area contributed by atoms with Gasteiger partial charge < -0.3 is 19.7 Å². The molecular formula is C27H38ClN3O4. The van der Waals surface area contributed by atoms with Gasteiger partial charge in [-0.15, -0.1) is 12.4 Å². The molecule has 0 saturated carbocycles. The van der Waals surface area contributed by atoms with Crippen LogP contribution in [0.4, 0.5) is 11.4 Å². The number of para-hydroxylation sites is 2. The first-order valence-corrected chi connectivity index (χ1v) is 12.0. The third kappa shape index (κ3) is 9.07. The lowest BCUT2D eigenvalue weighted by Crippen LogP contribution is -2.46. The fraction of sp³-hybridized carbons (Fsp3) is 0.481. The van der Waals surface area contributed by atoms with Crippen molar-refractivity contribution in [2.45, 2.75) is 45.6 Å². The highest BCUT2D eigenvalue weighted by Gasteiger charge is 2.20. The van der Waals surface area contributed by atoms with E-state index in [1.807, 2.05) is 39.0 Å². The first-order chi connectivity index (χ1) is 16.2. The average molecular weight is 504 g/mol. The first-order valence-electron chi connectivity index (χ1n) is 12.0. The van der Waals surface area contributed by atoms with Crippen LogP contribution in [0.3, 0.4) is 0 Å². The summed E-state index contributed by atoms with van der Waals surface area (Å²) in [6.45, 7) is 10.4. The molecule has 1 aliphatic heterocycles. The van der Waals surface area contributed by atoms with Crippen LogP contribution in [0.2, 0.25) is 0 Å². The molecule has 8 heteroatoms. The summed E-state index contributed by atoms with van der Waals surface area (Å²) in [5.74, 6) is 0.482. The molecular weight excluding hydrogens is 466 g/mol. The summed E-state index contributed by atoms with van der Waals surface area (Å²) in [5, 5.41) is 2.89. The monoisotopic (exact) mass is 503 g/mol. The molecule has 1 N–H and O–H groups in total. The predicted molar refractivity (Wildman–Crippen MR) is 143 cm³/mol. The van der Waals surface area contributed by atoms with Crippen molar-refractivity contribution in [2.75, 3.05) is 50.1 Å². The van der Waals surface area contributed by atoms with E-state index in [0.29, 0.717) is 17.7 Å². The van der Waals surface area contributed by atoms with Crippen molar-refractivity contribution in [1.82, 2.24) is 4.90 Å². The fourth-order valence-corrected chi connectivity index (χ4v) is 4.01. The number of piperazine rings is 1. The zero-order valence-electron chi connectivity index (χ0n) is 21.2. The third-order valence-electron chi connectivity index (χ3n) is 5.71. The average Bonchev–Trinajstić information content (AvgIpc) is 2.81. The Morgan fingerprint density at radius 1 is 0.971 bits per heavy atom. The highest BCUT2D eigenvalue weighted by atomic mass is 35.5. The molecule has 0 aromatic heterocycles. The molecule has 3 rings (SSSR count). The van der Waals surface area contributed by atoms with Crippen molar-refractivity contribution in [3.63, 3.8) is 0 Å². The topological polar surface area (TPSA) is 71.1 Å². The number of hydrogen-bond donors (Lipinski definition) is 1. The van der Waals surface area contributed by atoms with Gasteiger partial charge in [0.2, 0.25) is 5.91 Å². The maximum Gasteiger partial charge on any atom is 0.338 e. The van der Waals surface area contributed by atoms with E-state index in [-0.39, 0.29) is 18.3 Å². The van der Waals surface area contributed by atoms with Gasteiger partial charge in [-0.05, 0) is 70.5 Å². The lowest BCUT2D eigenvalue weighted by Gasteiger charge is -2.36. The summed E-state index contributed by atoms with van der Waals surface area (Å²) in [6, 6.07) is 15.0.